The SMILES string of the molecule is CN1CCCC(NC(=O)C(C)(N)C(F)(F)F)C1. The fourth-order valence-corrected chi connectivity index (χ4v) is 1.75. The smallest absolute Gasteiger partial charge is 0.350 e. The number of likely N-dealkylation sites (tertiary alicyclic amines) is 1. The summed E-state index contributed by atoms with van der Waals surface area (Å²) in [6, 6.07) is -0.258. The van der Waals surface area contributed by atoms with Crippen LogP contribution in [0.1, 0.15) is 19.8 Å². The van der Waals surface area contributed by atoms with Crippen molar-refractivity contribution in [3.05, 3.63) is 0 Å². The van der Waals surface area contributed by atoms with E-state index in [1.165, 1.54) is 0 Å². The Morgan fingerprint density at radius 1 is 1.47 bits per heavy atom. The van der Waals surface area contributed by atoms with E-state index < -0.39 is 17.6 Å². The molecule has 4 nitrogen and oxygen atoms in total. The fraction of sp³-hybridized carbons (Fsp3) is 0.900. The van der Waals surface area contributed by atoms with Crippen molar-refractivity contribution in [1.29, 1.82) is 0 Å². The molecule has 3 N–H and O–H groups in total. The Balaban J connectivity index is 2.60. The van der Waals surface area contributed by atoms with Gasteiger partial charge in [0.15, 0.2) is 5.54 Å². The van der Waals surface area contributed by atoms with Crippen molar-refractivity contribution in [2.45, 2.75) is 37.5 Å². The van der Waals surface area contributed by atoms with Crippen molar-refractivity contribution in [1.82, 2.24) is 10.2 Å². The summed E-state index contributed by atoms with van der Waals surface area (Å²) >= 11 is 0. The largest absolute Gasteiger partial charge is 0.415 e. The Morgan fingerprint density at radius 3 is 2.53 bits per heavy atom. The van der Waals surface area contributed by atoms with Gasteiger partial charge in [0.2, 0.25) is 5.91 Å². The Labute approximate surface area is 98.3 Å². The van der Waals surface area contributed by atoms with E-state index in [0.29, 0.717) is 19.9 Å². The molecule has 1 heterocycles. The molecule has 0 aromatic carbocycles. The van der Waals surface area contributed by atoms with Gasteiger partial charge in [0.05, 0.1) is 0 Å². The fourth-order valence-electron chi connectivity index (χ4n) is 1.75. The third kappa shape index (κ3) is 3.32. The van der Waals surface area contributed by atoms with E-state index in [0.717, 1.165) is 13.0 Å². The number of hydrogen-bond donors (Lipinski definition) is 2. The topological polar surface area (TPSA) is 58.4 Å². The minimum atomic E-state index is -4.74. The van der Waals surface area contributed by atoms with Crippen molar-refractivity contribution in [2.24, 2.45) is 5.73 Å². The van der Waals surface area contributed by atoms with Crippen LogP contribution in [0.25, 0.3) is 0 Å². The van der Waals surface area contributed by atoms with Crippen molar-refractivity contribution in [3.63, 3.8) is 0 Å². The minimum Gasteiger partial charge on any atom is -0.350 e. The molecule has 0 radical (unpaired) electrons. The summed E-state index contributed by atoms with van der Waals surface area (Å²) in [5, 5.41) is 2.37. The number of amides is 1. The summed E-state index contributed by atoms with van der Waals surface area (Å²) in [6.07, 6.45) is -3.20. The molecule has 0 aromatic rings. The monoisotopic (exact) mass is 253 g/mol. The van der Waals surface area contributed by atoms with Crippen molar-refractivity contribution in [2.75, 3.05) is 20.1 Å². The van der Waals surface area contributed by atoms with E-state index in [1.807, 2.05) is 11.9 Å². The second-order valence-corrected chi connectivity index (χ2v) is 4.77. The number of hydrogen-bond acceptors (Lipinski definition) is 3. The van der Waals surface area contributed by atoms with Crippen LogP contribution >= 0.6 is 0 Å². The molecule has 0 aromatic heterocycles. The molecule has 7 heteroatoms. The van der Waals surface area contributed by atoms with Gasteiger partial charge < -0.3 is 16.0 Å². The number of alkyl halides is 3. The number of nitrogens with zero attached hydrogens (tertiary/aromatic N) is 1. The summed E-state index contributed by atoms with van der Waals surface area (Å²) in [5.41, 5.74) is 2.21. The number of nitrogens with one attached hydrogen (secondary N) is 1. The number of likely N-dealkylation sites (N-methyl/N-ethyl adjacent to an activating group) is 1. The van der Waals surface area contributed by atoms with E-state index in [-0.39, 0.29) is 6.04 Å². The Morgan fingerprint density at radius 2 is 2.06 bits per heavy atom. The average Bonchev–Trinajstić information content (AvgIpc) is 2.15. The molecule has 1 saturated heterocycles. The summed E-state index contributed by atoms with van der Waals surface area (Å²) < 4.78 is 37.6. The van der Waals surface area contributed by atoms with Crippen LogP contribution in [0.4, 0.5) is 13.2 Å². The van der Waals surface area contributed by atoms with Gasteiger partial charge in [-0.15, -0.1) is 0 Å². The van der Waals surface area contributed by atoms with E-state index in [1.54, 1.807) is 0 Å². The maximum Gasteiger partial charge on any atom is 0.415 e. The second kappa shape index (κ2) is 4.81. The highest BCUT2D eigenvalue weighted by atomic mass is 19.4. The normalized spacial score (nSPS) is 26.4. The molecule has 17 heavy (non-hydrogen) atoms. The first-order valence-corrected chi connectivity index (χ1v) is 5.49. The van der Waals surface area contributed by atoms with E-state index >= 15 is 0 Å². The van der Waals surface area contributed by atoms with Crippen LogP contribution < -0.4 is 11.1 Å². The van der Waals surface area contributed by atoms with E-state index in [9.17, 15) is 18.0 Å². The number of carbonyl (C=O) groups excluding carboxylic acids is 1. The predicted octanol–water partition coefficient (Wildman–Crippen LogP) is 0.476. The van der Waals surface area contributed by atoms with Crippen LogP contribution in [0.15, 0.2) is 0 Å². The first kappa shape index (κ1) is 14.2. The summed E-state index contributed by atoms with van der Waals surface area (Å²) in [5.74, 6) is -1.16. The first-order chi connectivity index (χ1) is 7.64. The molecule has 0 bridgehead atoms. The van der Waals surface area contributed by atoms with Crippen LogP contribution in [0.2, 0.25) is 0 Å². The van der Waals surface area contributed by atoms with Crippen LogP contribution in [-0.2, 0) is 4.79 Å². The lowest BCUT2D eigenvalue weighted by atomic mass is 10.00. The van der Waals surface area contributed by atoms with E-state index in [4.69, 9.17) is 5.73 Å². The van der Waals surface area contributed by atoms with Gasteiger partial charge in [0, 0.05) is 12.6 Å². The average molecular weight is 253 g/mol. The standard InChI is InChI=1S/C10H18F3N3O/c1-9(14,10(11,12)13)8(17)15-7-4-3-5-16(2)6-7/h7H,3-6,14H2,1-2H3,(H,15,17). The van der Waals surface area contributed by atoms with Gasteiger partial charge >= 0.3 is 6.18 Å². The number of carbonyl (C=O) groups is 1. The summed E-state index contributed by atoms with van der Waals surface area (Å²) in [6.45, 7) is 2.14. The molecule has 0 saturated carbocycles. The Hall–Kier alpha value is -0.820. The van der Waals surface area contributed by atoms with Crippen LogP contribution in [-0.4, -0.2) is 48.7 Å². The maximum absolute atomic E-state index is 12.5. The van der Waals surface area contributed by atoms with Crippen molar-refractivity contribution in [3.8, 4) is 0 Å². The van der Waals surface area contributed by atoms with Gasteiger partial charge in [-0.1, -0.05) is 0 Å². The van der Waals surface area contributed by atoms with Crippen LogP contribution in [0.3, 0.4) is 0 Å². The number of piperidine rings is 1. The van der Waals surface area contributed by atoms with E-state index in [2.05, 4.69) is 5.32 Å². The molecule has 0 spiro atoms. The van der Waals surface area contributed by atoms with Crippen molar-refractivity contribution >= 4 is 5.91 Å². The quantitative estimate of drug-likeness (QED) is 0.752. The molecule has 1 aliphatic rings. The number of rotatable bonds is 2. The Bertz CT molecular complexity index is 291. The number of halogens is 3. The highest BCUT2D eigenvalue weighted by Gasteiger charge is 2.54. The van der Waals surface area contributed by atoms with Gasteiger partial charge in [-0.2, -0.15) is 13.2 Å². The summed E-state index contributed by atoms with van der Waals surface area (Å²) in [4.78, 5) is 13.5. The molecular weight excluding hydrogens is 235 g/mol. The Kier molecular flexibility index (Phi) is 4.03. The molecule has 1 aliphatic heterocycles. The third-order valence-corrected chi connectivity index (χ3v) is 3.02. The van der Waals surface area contributed by atoms with Gasteiger partial charge in [0.1, 0.15) is 0 Å². The zero-order valence-electron chi connectivity index (χ0n) is 9.97. The first-order valence-electron chi connectivity index (χ1n) is 5.49. The molecule has 1 fully saturated rings. The maximum atomic E-state index is 12.5. The van der Waals surface area contributed by atoms with Crippen LogP contribution in [0, 0.1) is 0 Å². The highest BCUT2D eigenvalue weighted by molar-refractivity contribution is 5.86. The lowest BCUT2D eigenvalue weighted by Gasteiger charge is -2.33. The zero-order valence-corrected chi connectivity index (χ0v) is 9.97. The molecule has 2 atom stereocenters. The van der Waals surface area contributed by atoms with Crippen molar-refractivity contribution < 1.29 is 18.0 Å². The molecule has 1 rings (SSSR count). The second-order valence-electron chi connectivity index (χ2n) is 4.77. The van der Waals surface area contributed by atoms with Crippen LogP contribution in [0.5, 0.6) is 0 Å². The highest BCUT2D eigenvalue weighted by Crippen LogP contribution is 2.28. The molecular formula is C10H18F3N3O. The molecule has 0 aliphatic carbocycles. The molecule has 2 unspecified atom stereocenters. The summed E-state index contributed by atoms with van der Waals surface area (Å²) in [7, 11) is 1.86. The molecule has 100 valence electrons. The lowest BCUT2D eigenvalue weighted by molar-refractivity contribution is -0.187. The lowest BCUT2D eigenvalue weighted by Crippen LogP contribution is -2.63. The van der Waals surface area contributed by atoms with Gasteiger partial charge in [0.25, 0.3) is 0 Å². The third-order valence-electron chi connectivity index (χ3n) is 3.02. The molecule has 1 amide bonds. The van der Waals surface area contributed by atoms with Gasteiger partial charge in [-0.3, -0.25) is 4.79 Å². The minimum absolute atomic E-state index is 0.258. The number of nitrogens with two attached hydrogens (primary N) is 1. The van der Waals surface area contributed by atoms with Gasteiger partial charge in [-0.05, 0) is 33.4 Å². The predicted molar refractivity (Wildman–Crippen MR) is 57.3 cm³/mol. The zero-order chi connectivity index (χ0) is 13.3. The van der Waals surface area contributed by atoms with Gasteiger partial charge in [-0.25, -0.2) is 0 Å².